The smallest absolute Gasteiger partial charge is 0.265 e. The maximum Gasteiger partial charge on any atom is 0.265 e. The number of thiazole rings is 1. The van der Waals surface area contributed by atoms with E-state index in [-0.39, 0.29) is 30.7 Å². The fraction of sp³-hybridized carbons (Fsp3) is 0.381. The number of aromatic amines is 1. The van der Waals surface area contributed by atoms with Gasteiger partial charge in [-0.15, -0.1) is 24.8 Å². The Hall–Kier alpha value is -2.13. The number of hydrogen-bond donors (Lipinski definition) is 2. The predicted molar refractivity (Wildman–Crippen MR) is 127 cm³/mol. The van der Waals surface area contributed by atoms with E-state index in [1.54, 1.807) is 12.4 Å². The molecule has 1 atom stereocenters. The number of rotatable bonds is 4. The van der Waals surface area contributed by atoms with Crippen LogP contribution in [0.5, 0.6) is 0 Å². The number of amides is 1. The monoisotopic (exact) mass is 481 g/mol. The van der Waals surface area contributed by atoms with Gasteiger partial charge in [0.25, 0.3) is 5.91 Å². The van der Waals surface area contributed by atoms with Gasteiger partial charge in [0.2, 0.25) is 0 Å². The second kappa shape index (κ2) is 9.56. The average Bonchev–Trinajstić information content (AvgIpc) is 3.48. The molecule has 0 aliphatic heterocycles. The van der Waals surface area contributed by atoms with E-state index in [1.807, 2.05) is 40.7 Å². The molecule has 0 saturated heterocycles. The molecule has 3 heterocycles. The molecule has 0 spiro atoms. The van der Waals surface area contributed by atoms with Crippen molar-refractivity contribution in [3.8, 4) is 0 Å². The van der Waals surface area contributed by atoms with Gasteiger partial charge in [0.05, 0.1) is 11.0 Å². The third-order valence-electron chi connectivity index (χ3n) is 5.88. The first-order valence-electron chi connectivity index (χ1n) is 9.98. The summed E-state index contributed by atoms with van der Waals surface area (Å²) in [5.41, 5.74) is 2.44. The van der Waals surface area contributed by atoms with E-state index in [9.17, 15) is 9.90 Å². The van der Waals surface area contributed by atoms with Gasteiger partial charge in [-0.2, -0.15) is 0 Å². The first kappa shape index (κ1) is 23.5. The van der Waals surface area contributed by atoms with Crippen LogP contribution in [0.1, 0.15) is 59.3 Å². The van der Waals surface area contributed by atoms with Gasteiger partial charge < -0.3 is 15.0 Å². The minimum absolute atomic E-state index is 0. The number of fused-ring (bicyclic) bond motifs is 3. The molecule has 4 aromatic rings. The number of hydrogen-bond acceptors (Lipinski definition) is 5. The number of H-pyrrole nitrogens is 1. The van der Waals surface area contributed by atoms with E-state index in [2.05, 4.69) is 15.0 Å². The summed E-state index contributed by atoms with van der Waals surface area (Å²) >= 11 is 1.42. The first-order valence-corrected chi connectivity index (χ1v) is 10.8. The summed E-state index contributed by atoms with van der Waals surface area (Å²) in [7, 11) is 1.91. The number of aromatic nitrogens is 4. The van der Waals surface area contributed by atoms with Crippen LogP contribution in [0.15, 0.2) is 36.8 Å². The lowest BCUT2D eigenvalue weighted by Crippen LogP contribution is -2.37. The van der Waals surface area contributed by atoms with Gasteiger partial charge in [0.15, 0.2) is 4.96 Å². The Balaban J connectivity index is 0.00000136. The number of carbonyl (C=O) groups excluding carboxylic acids is 1. The van der Waals surface area contributed by atoms with E-state index >= 15 is 0 Å². The lowest BCUT2D eigenvalue weighted by atomic mass is 9.94. The maximum atomic E-state index is 13.0. The molecule has 5 rings (SSSR count). The average molecular weight is 482 g/mol. The van der Waals surface area contributed by atoms with Crippen LogP contribution in [0.4, 0.5) is 0 Å². The summed E-state index contributed by atoms with van der Waals surface area (Å²) in [6.45, 7) is 0. The van der Waals surface area contributed by atoms with Crippen LogP contribution >= 0.6 is 36.2 Å². The van der Waals surface area contributed by atoms with Gasteiger partial charge in [0, 0.05) is 31.7 Å². The SMILES string of the molecule is CN(C(=O)c1cn2c(nc3ccc(C(O)c4ncc[nH]4)cc32)s1)C1CCCCC1.Cl.Cl. The van der Waals surface area contributed by atoms with Crippen LogP contribution in [0.2, 0.25) is 0 Å². The lowest BCUT2D eigenvalue weighted by molar-refractivity contribution is 0.0701. The number of carbonyl (C=O) groups is 1. The lowest BCUT2D eigenvalue weighted by Gasteiger charge is -2.30. The molecule has 1 saturated carbocycles. The molecule has 0 bridgehead atoms. The van der Waals surface area contributed by atoms with Gasteiger partial charge in [0.1, 0.15) is 16.8 Å². The maximum absolute atomic E-state index is 13.0. The molecule has 1 unspecified atom stereocenters. The largest absolute Gasteiger partial charge is 0.380 e. The second-order valence-electron chi connectivity index (χ2n) is 7.69. The zero-order valence-electron chi connectivity index (χ0n) is 17.0. The van der Waals surface area contributed by atoms with Crippen molar-refractivity contribution in [1.29, 1.82) is 0 Å². The Morgan fingerprint density at radius 2 is 2.06 bits per heavy atom. The highest BCUT2D eigenvalue weighted by molar-refractivity contribution is 7.18. The van der Waals surface area contributed by atoms with Crippen LogP contribution in [-0.4, -0.2) is 48.4 Å². The standard InChI is InChI=1S/C21H23N5O2S.2ClH/c1-25(14-5-3-2-4-6-14)20(28)17-12-26-16-11-13(18(27)19-22-9-10-23-19)7-8-15(16)24-21(26)29-17;;/h7-12,14,18,27H,2-6H2,1H3,(H,22,23);2*1H. The van der Waals surface area contributed by atoms with Crippen molar-refractivity contribution in [1.82, 2.24) is 24.3 Å². The van der Waals surface area contributed by atoms with Gasteiger partial charge in [-0.25, -0.2) is 9.97 Å². The van der Waals surface area contributed by atoms with Gasteiger partial charge in [-0.05, 0) is 30.5 Å². The zero-order chi connectivity index (χ0) is 20.0. The summed E-state index contributed by atoms with van der Waals surface area (Å²) in [6, 6.07) is 5.99. The minimum atomic E-state index is -0.836. The van der Waals surface area contributed by atoms with E-state index in [0.29, 0.717) is 16.7 Å². The molecule has 1 amide bonds. The van der Waals surface area contributed by atoms with Crippen molar-refractivity contribution >= 4 is 58.1 Å². The third-order valence-corrected chi connectivity index (χ3v) is 6.85. The van der Waals surface area contributed by atoms with Crippen LogP contribution in [0.25, 0.3) is 16.0 Å². The fourth-order valence-electron chi connectivity index (χ4n) is 4.19. The number of imidazole rings is 2. The topological polar surface area (TPSA) is 86.5 Å². The molecule has 7 nitrogen and oxygen atoms in total. The molecule has 3 aromatic heterocycles. The van der Waals surface area contributed by atoms with Crippen LogP contribution in [0.3, 0.4) is 0 Å². The third kappa shape index (κ3) is 4.30. The minimum Gasteiger partial charge on any atom is -0.380 e. The van der Waals surface area contributed by atoms with Crippen molar-refractivity contribution in [2.75, 3.05) is 7.05 Å². The quantitative estimate of drug-likeness (QED) is 0.445. The Bertz CT molecular complexity index is 1170. The number of nitrogens with one attached hydrogen (secondary N) is 1. The van der Waals surface area contributed by atoms with Gasteiger partial charge >= 0.3 is 0 Å². The molecule has 1 aliphatic rings. The summed E-state index contributed by atoms with van der Waals surface area (Å²) in [6.07, 6.45) is 10.2. The molecular weight excluding hydrogens is 457 g/mol. The van der Waals surface area contributed by atoms with Crippen LogP contribution in [0, 0.1) is 0 Å². The number of aliphatic hydroxyl groups is 1. The molecule has 31 heavy (non-hydrogen) atoms. The van der Waals surface area contributed by atoms with E-state index in [4.69, 9.17) is 0 Å². The van der Waals surface area contributed by atoms with Crippen LogP contribution < -0.4 is 0 Å². The Labute approximate surface area is 196 Å². The highest BCUT2D eigenvalue weighted by Crippen LogP contribution is 2.29. The summed E-state index contributed by atoms with van der Waals surface area (Å²) < 4.78 is 1.94. The van der Waals surface area contributed by atoms with E-state index < -0.39 is 6.10 Å². The second-order valence-corrected chi connectivity index (χ2v) is 8.70. The summed E-state index contributed by atoms with van der Waals surface area (Å²) in [5.74, 6) is 0.563. The molecule has 10 heteroatoms. The first-order chi connectivity index (χ1) is 14.1. The summed E-state index contributed by atoms with van der Waals surface area (Å²) in [4.78, 5) is 28.1. The van der Waals surface area contributed by atoms with Crippen molar-refractivity contribution in [2.45, 2.75) is 44.2 Å². The fourth-order valence-corrected chi connectivity index (χ4v) is 5.17. The number of halogens is 2. The molecular formula is C21H25Cl2N5O2S. The Kier molecular flexibility index (Phi) is 7.26. The summed E-state index contributed by atoms with van der Waals surface area (Å²) in [5, 5.41) is 10.6. The molecule has 1 aliphatic carbocycles. The molecule has 1 aromatic carbocycles. The molecule has 2 N–H and O–H groups in total. The van der Waals surface area contributed by atoms with E-state index in [1.165, 1.54) is 30.6 Å². The van der Waals surface area contributed by atoms with Gasteiger partial charge in [-0.3, -0.25) is 9.20 Å². The van der Waals surface area contributed by atoms with Crippen LogP contribution in [-0.2, 0) is 0 Å². The number of nitrogens with zero attached hydrogens (tertiary/aromatic N) is 4. The van der Waals surface area contributed by atoms with Crippen molar-refractivity contribution in [2.24, 2.45) is 0 Å². The highest BCUT2D eigenvalue weighted by atomic mass is 35.5. The molecule has 1 fully saturated rings. The van der Waals surface area contributed by atoms with Crippen molar-refractivity contribution < 1.29 is 9.90 Å². The Morgan fingerprint density at radius 3 is 2.77 bits per heavy atom. The van der Waals surface area contributed by atoms with Gasteiger partial charge in [-0.1, -0.05) is 36.7 Å². The Morgan fingerprint density at radius 1 is 1.29 bits per heavy atom. The van der Waals surface area contributed by atoms with E-state index in [0.717, 1.165) is 34.4 Å². The zero-order valence-corrected chi connectivity index (χ0v) is 19.5. The number of benzene rings is 1. The normalized spacial score (nSPS) is 15.4. The predicted octanol–water partition coefficient (Wildman–Crippen LogP) is 4.60. The highest BCUT2D eigenvalue weighted by Gasteiger charge is 2.25. The number of aliphatic hydroxyl groups excluding tert-OH is 1. The molecule has 0 radical (unpaired) electrons. The van der Waals surface area contributed by atoms with Crippen molar-refractivity contribution in [3.05, 3.63) is 53.1 Å². The molecule has 166 valence electrons. The van der Waals surface area contributed by atoms with Crippen molar-refractivity contribution in [3.63, 3.8) is 0 Å².